The molecule has 1 aromatic heterocycles. The summed E-state index contributed by atoms with van der Waals surface area (Å²) in [6, 6.07) is 0.576. The molecule has 0 saturated heterocycles. The van der Waals surface area contributed by atoms with Gasteiger partial charge in [-0.15, -0.1) is 0 Å². The molecule has 0 saturated carbocycles. The van der Waals surface area contributed by atoms with Crippen molar-refractivity contribution in [2.24, 2.45) is 0 Å². The Hall–Kier alpha value is -0.670. The highest BCUT2D eigenvalue weighted by Gasteiger charge is 2.10. The minimum absolute atomic E-state index is 0.449. The fourth-order valence-corrected chi connectivity index (χ4v) is 1.56. The monoisotopic (exact) mass is 227 g/mol. The van der Waals surface area contributed by atoms with Crippen molar-refractivity contribution in [1.82, 2.24) is 14.9 Å². The summed E-state index contributed by atoms with van der Waals surface area (Å²) >= 11 is 5.68. The highest BCUT2D eigenvalue weighted by molar-refractivity contribution is 6.29. The Kier molecular flexibility index (Phi) is 4.99. The van der Waals surface area contributed by atoms with Crippen molar-refractivity contribution in [2.45, 2.75) is 39.8 Å². The molecule has 0 aliphatic carbocycles. The molecule has 0 aliphatic rings. The van der Waals surface area contributed by atoms with Crippen LogP contribution in [0.4, 0.5) is 0 Å². The lowest BCUT2D eigenvalue weighted by atomic mass is 10.2. The normalized spacial score (nSPS) is 13.1. The molecule has 0 radical (unpaired) electrons. The molecule has 4 heteroatoms. The van der Waals surface area contributed by atoms with Gasteiger partial charge in [0.25, 0.3) is 0 Å². The summed E-state index contributed by atoms with van der Waals surface area (Å²) in [6.45, 7) is 8.46. The minimum atomic E-state index is 0.449. The highest BCUT2D eigenvalue weighted by Crippen LogP contribution is 2.09. The molecule has 0 amide bonds. The van der Waals surface area contributed by atoms with E-state index < -0.39 is 0 Å². The molecule has 1 unspecified atom stereocenters. The zero-order valence-corrected chi connectivity index (χ0v) is 10.3. The molecule has 1 aromatic rings. The maximum atomic E-state index is 5.68. The van der Waals surface area contributed by atoms with Crippen LogP contribution < -0.4 is 0 Å². The van der Waals surface area contributed by atoms with Gasteiger partial charge in [0.15, 0.2) is 0 Å². The largest absolute Gasteiger partial charge is 0.295 e. The fraction of sp³-hybridized carbons (Fsp3) is 0.636. The highest BCUT2D eigenvalue weighted by atomic mass is 35.5. The third-order valence-corrected chi connectivity index (χ3v) is 2.85. The van der Waals surface area contributed by atoms with Crippen LogP contribution >= 0.6 is 11.6 Å². The van der Waals surface area contributed by atoms with Crippen molar-refractivity contribution >= 4 is 11.6 Å². The second-order valence-electron chi connectivity index (χ2n) is 3.65. The summed E-state index contributed by atoms with van der Waals surface area (Å²) in [5.41, 5.74) is 0.974. The molecule has 0 aromatic carbocycles. The third kappa shape index (κ3) is 3.76. The number of aromatic nitrogens is 2. The number of hydrogen-bond acceptors (Lipinski definition) is 3. The Labute approximate surface area is 96.5 Å². The molecule has 84 valence electrons. The zero-order valence-electron chi connectivity index (χ0n) is 9.57. The fourth-order valence-electron chi connectivity index (χ4n) is 1.47. The van der Waals surface area contributed by atoms with E-state index in [1.165, 1.54) is 0 Å². The SMILES string of the molecule is CCC(C)N(CC)Cc1cnc(Cl)cn1. The van der Waals surface area contributed by atoms with Gasteiger partial charge in [-0.25, -0.2) is 4.98 Å². The Morgan fingerprint density at radius 1 is 1.33 bits per heavy atom. The molecule has 0 N–H and O–H groups in total. The predicted molar refractivity (Wildman–Crippen MR) is 62.9 cm³/mol. The Balaban J connectivity index is 2.62. The summed E-state index contributed by atoms with van der Waals surface area (Å²) in [6.07, 6.45) is 4.49. The van der Waals surface area contributed by atoms with E-state index in [0.717, 1.165) is 25.2 Å². The van der Waals surface area contributed by atoms with Gasteiger partial charge in [-0.05, 0) is 19.9 Å². The van der Waals surface area contributed by atoms with Crippen molar-refractivity contribution in [2.75, 3.05) is 6.54 Å². The van der Waals surface area contributed by atoms with E-state index in [0.29, 0.717) is 11.2 Å². The summed E-state index contributed by atoms with van der Waals surface area (Å²) in [5.74, 6) is 0. The van der Waals surface area contributed by atoms with Crippen molar-refractivity contribution < 1.29 is 0 Å². The maximum absolute atomic E-state index is 5.68. The first-order chi connectivity index (χ1) is 7.17. The maximum Gasteiger partial charge on any atom is 0.147 e. The number of hydrogen-bond donors (Lipinski definition) is 0. The lowest BCUT2D eigenvalue weighted by Gasteiger charge is -2.26. The van der Waals surface area contributed by atoms with Crippen LogP contribution in [-0.2, 0) is 6.54 Å². The molecule has 1 heterocycles. The molecular formula is C11H18ClN3. The van der Waals surface area contributed by atoms with Crippen LogP contribution in [0.5, 0.6) is 0 Å². The molecule has 1 atom stereocenters. The van der Waals surface area contributed by atoms with Crippen LogP contribution in [0.3, 0.4) is 0 Å². The van der Waals surface area contributed by atoms with Gasteiger partial charge in [0.2, 0.25) is 0 Å². The van der Waals surface area contributed by atoms with E-state index in [9.17, 15) is 0 Å². The summed E-state index contributed by atoms with van der Waals surface area (Å²) in [4.78, 5) is 10.6. The first-order valence-electron chi connectivity index (χ1n) is 5.37. The van der Waals surface area contributed by atoms with Gasteiger partial charge in [-0.2, -0.15) is 0 Å². The third-order valence-electron chi connectivity index (χ3n) is 2.66. The average Bonchev–Trinajstić information content (AvgIpc) is 2.27. The molecule has 0 aliphatic heterocycles. The van der Waals surface area contributed by atoms with Crippen LogP contribution in [0.25, 0.3) is 0 Å². The minimum Gasteiger partial charge on any atom is -0.295 e. The van der Waals surface area contributed by atoms with Crippen molar-refractivity contribution in [3.63, 3.8) is 0 Å². The molecule has 1 rings (SSSR count). The smallest absolute Gasteiger partial charge is 0.147 e. The van der Waals surface area contributed by atoms with E-state index in [1.807, 2.05) is 0 Å². The summed E-state index contributed by atoms with van der Waals surface area (Å²) < 4.78 is 0. The van der Waals surface area contributed by atoms with Gasteiger partial charge in [0.05, 0.1) is 18.1 Å². The lowest BCUT2D eigenvalue weighted by molar-refractivity contribution is 0.203. The number of rotatable bonds is 5. The Bertz CT molecular complexity index is 286. The first-order valence-corrected chi connectivity index (χ1v) is 5.75. The molecule has 15 heavy (non-hydrogen) atoms. The summed E-state index contributed by atoms with van der Waals surface area (Å²) in [5, 5.41) is 0.449. The zero-order chi connectivity index (χ0) is 11.3. The predicted octanol–water partition coefficient (Wildman–Crippen LogP) is 2.75. The van der Waals surface area contributed by atoms with Crippen molar-refractivity contribution in [3.8, 4) is 0 Å². The van der Waals surface area contributed by atoms with Gasteiger partial charge in [0, 0.05) is 12.6 Å². The quantitative estimate of drug-likeness (QED) is 0.775. The van der Waals surface area contributed by atoms with Crippen LogP contribution in [0, 0.1) is 0 Å². The van der Waals surface area contributed by atoms with Gasteiger partial charge in [-0.3, -0.25) is 9.88 Å². The number of nitrogens with zero attached hydrogens (tertiary/aromatic N) is 3. The van der Waals surface area contributed by atoms with Crippen LogP contribution in [0.1, 0.15) is 32.9 Å². The van der Waals surface area contributed by atoms with Crippen molar-refractivity contribution in [1.29, 1.82) is 0 Å². The van der Waals surface area contributed by atoms with E-state index >= 15 is 0 Å². The molecule has 3 nitrogen and oxygen atoms in total. The van der Waals surface area contributed by atoms with Gasteiger partial charge in [-0.1, -0.05) is 25.4 Å². The van der Waals surface area contributed by atoms with Crippen LogP contribution in [0.2, 0.25) is 5.15 Å². The molecular weight excluding hydrogens is 210 g/mol. The average molecular weight is 228 g/mol. The van der Waals surface area contributed by atoms with Crippen LogP contribution in [-0.4, -0.2) is 27.5 Å². The molecule has 0 fully saturated rings. The molecule has 0 spiro atoms. The Morgan fingerprint density at radius 3 is 2.53 bits per heavy atom. The summed E-state index contributed by atoms with van der Waals surface area (Å²) in [7, 11) is 0. The first kappa shape index (κ1) is 12.4. The van der Waals surface area contributed by atoms with E-state index in [2.05, 4.69) is 35.6 Å². The topological polar surface area (TPSA) is 29.0 Å². The Morgan fingerprint density at radius 2 is 2.07 bits per heavy atom. The van der Waals surface area contributed by atoms with Crippen molar-refractivity contribution in [3.05, 3.63) is 23.2 Å². The lowest BCUT2D eigenvalue weighted by Crippen LogP contribution is -2.32. The standard InChI is InChI=1S/C11H18ClN3/c1-4-9(3)15(5-2)8-10-6-14-11(12)7-13-10/h6-7,9H,4-5,8H2,1-3H3. The van der Waals surface area contributed by atoms with E-state index in [4.69, 9.17) is 11.6 Å². The second kappa shape index (κ2) is 6.03. The van der Waals surface area contributed by atoms with Crippen LogP contribution in [0.15, 0.2) is 12.4 Å². The molecule has 0 bridgehead atoms. The van der Waals surface area contributed by atoms with Gasteiger partial charge in [0.1, 0.15) is 5.15 Å². The van der Waals surface area contributed by atoms with Gasteiger partial charge >= 0.3 is 0 Å². The number of halogens is 1. The van der Waals surface area contributed by atoms with E-state index in [-0.39, 0.29) is 0 Å². The second-order valence-corrected chi connectivity index (χ2v) is 4.04. The van der Waals surface area contributed by atoms with E-state index in [1.54, 1.807) is 12.4 Å². The van der Waals surface area contributed by atoms with Gasteiger partial charge < -0.3 is 0 Å².